The Morgan fingerprint density at radius 2 is 0.750 bits per heavy atom. The van der Waals surface area contributed by atoms with E-state index in [1.165, 1.54) is 95.0 Å². The van der Waals surface area contributed by atoms with Crippen LogP contribution in [0.25, 0.3) is 44.5 Å². The normalized spacial score (nSPS) is 16.0. The molecule has 1 nitrogen and oxygen atoms in total. The fourth-order valence-electron chi connectivity index (χ4n) is 9.92. The fraction of sp³-hybridized carbons (Fsp3) is 0.176. The summed E-state index contributed by atoms with van der Waals surface area (Å²) in [5.74, 6) is 0. The Kier molecular flexibility index (Phi) is 6.39. The lowest BCUT2D eigenvalue weighted by atomic mass is 9.82. The largest absolute Gasteiger partial charge is 0.310 e. The standard InChI is InChI=1S/C51H43N/c1-49(2)43-21-13-11-18-38(43)40-29-33(24-27-44(40)49)52(35-23-26-39-37-17-10-12-20-42(37)51(5,6)47(39)31-35)34-25-28-45-41(30-34)48-36(32-15-8-7-9-16-32)19-14-22-46(48)50(45,3)4/h7-31H,1-6H3. The predicted molar refractivity (Wildman–Crippen MR) is 219 cm³/mol. The monoisotopic (exact) mass is 669 g/mol. The third-order valence-electron chi connectivity index (χ3n) is 12.7. The van der Waals surface area contributed by atoms with Gasteiger partial charge in [-0.25, -0.2) is 0 Å². The molecule has 0 spiro atoms. The molecule has 10 rings (SSSR count). The number of nitrogens with zero attached hydrogens (tertiary/aromatic N) is 1. The van der Waals surface area contributed by atoms with E-state index in [2.05, 4.69) is 198 Å². The van der Waals surface area contributed by atoms with Crippen molar-refractivity contribution in [2.75, 3.05) is 4.90 Å². The van der Waals surface area contributed by atoms with Crippen molar-refractivity contribution in [2.24, 2.45) is 0 Å². The first-order valence-corrected chi connectivity index (χ1v) is 18.7. The van der Waals surface area contributed by atoms with Gasteiger partial charge in [-0.05, 0) is 114 Å². The highest BCUT2D eigenvalue weighted by atomic mass is 15.1. The van der Waals surface area contributed by atoms with Crippen LogP contribution in [0.3, 0.4) is 0 Å². The van der Waals surface area contributed by atoms with Gasteiger partial charge in [-0.1, -0.05) is 157 Å². The van der Waals surface area contributed by atoms with Crippen molar-refractivity contribution in [1.82, 2.24) is 0 Å². The second-order valence-electron chi connectivity index (χ2n) is 16.6. The Morgan fingerprint density at radius 1 is 0.308 bits per heavy atom. The quantitative estimate of drug-likeness (QED) is 0.180. The molecular formula is C51H43N. The molecule has 0 N–H and O–H groups in total. The van der Waals surface area contributed by atoms with Gasteiger partial charge in [0.15, 0.2) is 0 Å². The van der Waals surface area contributed by atoms with Crippen LogP contribution in [0.1, 0.15) is 74.9 Å². The molecule has 0 aliphatic heterocycles. The van der Waals surface area contributed by atoms with E-state index in [1.54, 1.807) is 0 Å². The summed E-state index contributed by atoms with van der Waals surface area (Å²) in [6.45, 7) is 14.2. The number of hydrogen-bond donors (Lipinski definition) is 0. The second-order valence-corrected chi connectivity index (χ2v) is 16.6. The lowest BCUT2D eigenvalue weighted by molar-refractivity contribution is 0.660. The first-order chi connectivity index (χ1) is 25.1. The van der Waals surface area contributed by atoms with Crippen molar-refractivity contribution in [3.05, 3.63) is 185 Å². The number of benzene rings is 7. The maximum atomic E-state index is 2.50. The summed E-state index contributed by atoms with van der Waals surface area (Å²) in [6.07, 6.45) is 0. The van der Waals surface area contributed by atoms with Crippen molar-refractivity contribution in [2.45, 2.75) is 57.8 Å². The molecule has 0 atom stereocenters. The molecule has 7 aromatic carbocycles. The number of rotatable bonds is 4. The van der Waals surface area contributed by atoms with Gasteiger partial charge in [0.1, 0.15) is 0 Å². The minimum atomic E-state index is -0.106. The molecule has 0 amide bonds. The van der Waals surface area contributed by atoms with E-state index >= 15 is 0 Å². The highest BCUT2D eigenvalue weighted by Gasteiger charge is 2.40. The van der Waals surface area contributed by atoms with Gasteiger partial charge in [0.2, 0.25) is 0 Å². The summed E-state index contributed by atoms with van der Waals surface area (Å²) in [7, 11) is 0. The number of anilines is 3. The molecule has 0 aromatic heterocycles. The van der Waals surface area contributed by atoms with E-state index in [9.17, 15) is 0 Å². The Morgan fingerprint density at radius 3 is 1.44 bits per heavy atom. The molecular weight excluding hydrogens is 627 g/mol. The third-order valence-corrected chi connectivity index (χ3v) is 12.7. The Hall–Kier alpha value is -5.66. The lowest BCUT2D eigenvalue weighted by Crippen LogP contribution is -2.17. The Labute approximate surface area is 308 Å². The number of fused-ring (bicyclic) bond motifs is 9. The van der Waals surface area contributed by atoms with Gasteiger partial charge in [-0.3, -0.25) is 0 Å². The molecule has 7 aromatic rings. The molecule has 0 unspecified atom stereocenters. The SMILES string of the molecule is CC1(C)c2ccccc2-c2cc(N(c3ccc4c(c3)-c3c(-c5ccccc5)cccc3C4(C)C)c3ccc4c(c3)C(C)(C)c3ccccc3-4)ccc21. The zero-order valence-corrected chi connectivity index (χ0v) is 30.9. The van der Waals surface area contributed by atoms with Gasteiger partial charge >= 0.3 is 0 Å². The second kappa shape index (κ2) is 10.7. The van der Waals surface area contributed by atoms with Crippen LogP contribution in [-0.2, 0) is 16.2 Å². The van der Waals surface area contributed by atoms with Crippen LogP contribution in [0.2, 0.25) is 0 Å². The fourth-order valence-corrected chi connectivity index (χ4v) is 9.92. The Balaban J connectivity index is 1.21. The van der Waals surface area contributed by atoms with Crippen molar-refractivity contribution in [3.8, 4) is 44.5 Å². The van der Waals surface area contributed by atoms with E-state index in [1.807, 2.05) is 0 Å². The van der Waals surface area contributed by atoms with Crippen LogP contribution >= 0.6 is 0 Å². The molecule has 0 radical (unpaired) electrons. The summed E-state index contributed by atoms with van der Waals surface area (Å²) < 4.78 is 0. The maximum absolute atomic E-state index is 2.50. The zero-order chi connectivity index (χ0) is 35.6. The van der Waals surface area contributed by atoms with E-state index < -0.39 is 0 Å². The van der Waals surface area contributed by atoms with Gasteiger partial charge in [-0.15, -0.1) is 0 Å². The zero-order valence-electron chi connectivity index (χ0n) is 30.9. The van der Waals surface area contributed by atoms with Gasteiger partial charge in [-0.2, -0.15) is 0 Å². The predicted octanol–water partition coefficient (Wildman–Crippen LogP) is 13.7. The molecule has 3 aliphatic carbocycles. The molecule has 0 heterocycles. The highest BCUT2D eigenvalue weighted by Crippen LogP contribution is 2.56. The first kappa shape index (κ1) is 31.1. The van der Waals surface area contributed by atoms with Crippen LogP contribution in [0, 0.1) is 0 Å². The summed E-state index contributed by atoms with van der Waals surface area (Å²) in [5, 5.41) is 0. The molecule has 1 heteroatoms. The number of hydrogen-bond acceptors (Lipinski definition) is 1. The summed E-state index contributed by atoms with van der Waals surface area (Å²) >= 11 is 0. The smallest absolute Gasteiger partial charge is 0.0468 e. The van der Waals surface area contributed by atoms with Crippen molar-refractivity contribution in [1.29, 1.82) is 0 Å². The first-order valence-electron chi connectivity index (χ1n) is 18.7. The van der Waals surface area contributed by atoms with E-state index in [0.717, 1.165) is 0 Å². The minimum Gasteiger partial charge on any atom is -0.310 e. The molecule has 0 fully saturated rings. The average Bonchev–Trinajstić information content (AvgIpc) is 3.64. The van der Waals surface area contributed by atoms with Gasteiger partial charge < -0.3 is 4.90 Å². The summed E-state index contributed by atoms with van der Waals surface area (Å²) in [5.41, 5.74) is 22.2. The van der Waals surface area contributed by atoms with Gasteiger partial charge in [0, 0.05) is 33.3 Å². The van der Waals surface area contributed by atoms with Gasteiger partial charge in [0.25, 0.3) is 0 Å². The van der Waals surface area contributed by atoms with Crippen LogP contribution < -0.4 is 4.90 Å². The topological polar surface area (TPSA) is 3.24 Å². The van der Waals surface area contributed by atoms with E-state index in [4.69, 9.17) is 0 Å². The highest BCUT2D eigenvalue weighted by molar-refractivity contribution is 5.96. The lowest BCUT2D eigenvalue weighted by Gasteiger charge is -2.30. The van der Waals surface area contributed by atoms with E-state index in [0.29, 0.717) is 0 Å². The van der Waals surface area contributed by atoms with Gasteiger partial charge in [0.05, 0.1) is 0 Å². The molecule has 0 saturated carbocycles. The molecule has 0 saturated heterocycles. The van der Waals surface area contributed by atoms with Crippen molar-refractivity contribution in [3.63, 3.8) is 0 Å². The average molecular weight is 670 g/mol. The van der Waals surface area contributed by atoms with Crippen LogP contribution in [0.15, 0.2) is 152 Å². The van der Waals surface area contributed by atoms with Crippen LogP contribution in [-0.4, -0.2) is 0 Å². The minimum absolute atomic E-state index is 0.0463. The van der Waals surface area contributed by atoms with Crippen LogP contribution in [0.5, 0.6) is 0 Å². The third kappa shape index (κ3) is 4.17. The van der Waals surface area contributed by atoms with Crippen molar-refractivity contribution >= 4 is 17.1 Å². The molecule has 0 bridgehead atoms. The molecule has 3 aliphatic rings. The van der Waals surface area contributed by atoms with Crippen molar-refractivity contribution < 1.29 is 0 Å². The van der Waals surface area contributed by atoms with Crippen LogP contribution in [0.4, 0.5) is 17.1 Å². The molecule has 252 valence electrons. The molecule has 52 heavy (non-hydrogen) atoms. The summed E-state index contributed by atoms with van der Waals surface area (Å²) in [6, 6.07) is 57.2. The van der Waals surface area contributed by atoms with E-state index in [-0.39, 0.29) is 16.2 Å². The maximum Gasteiger partial charge on any atom is 0.0468 e. The Bertz CT molecular complexity index is 2600. The summed E-state index contributed by atoms with van der Waals surface area (Å²) in [4.78, 5) is 2.50.